The van der Waals surface area contributed by atoms with Crippen molar-refractivity contribution in [3.05, 3.63) is 58.7 Å². The molecule has 10 heteroatoms. The van der Waals surface area contributed by atoms with Crippen molar-refractivity contribution in [3.63, 3.8) is 0 Å². The van der Waals surface area contributed by atoms with Gasteiger partial charge < -0.3 is 30.4 Å². The van der Waals surface area contributed by atoms with Crippen LogP contribution in [-0.4, -0.2) is 29.5 Å². The molecule has 0 spiro atoms. The monoisotopic (exact) mass is 546 g/mol. The lowest BCUT2D eigenvalue weighted by Gasteiger charge is -2.06. The summed E-state index contributed by atoms with van der Waals surface area (Å²) in [4.78, 5) is 9.85. The SMILES string of the molecule is CCCCc1c(CCCC)[n+]2cn1Cc1nnc([n-]1)Cn1c[n+](c(CCCC)c1CCCC)Cc1nnc([n-]1)C2. The molecule has 5 heterocycles. The molecule has 4 aromatic heterocycles. The van der Waals surface area contributed by atoms with Crippen molar-refractivity contribution in [2.75, 3.05) is 0 Å². The van der Waals surface area contributed by atoms with Gasteiger partial charge in [0.1, 0.15) is 49.0 Å². The molecule has 40 heavy (non-hydrogen) atoms. The van der Waals surface area contributed by atoms with Crippen LogP contribution in [0.4, 0.5) is 0 Å². The van der Waals surface area contributed by atoms with Gasteiger partial charge in [-0.3, -0.25) is 0 Å². The van der Waals surface area contributed by atoms with Crippen LogP contribution in [0.1, 0.15) is 125 Å². The maximum Gasteiger partial charge on any atom is 0.244 e. The van der Waals surface area contributed by atoms with Crippen LogP contribution in [0.15, 0.2) is 12.7 Å². The molecule has 0 fully saturated rings. The summed E-state index contributed by atoms with van der Waals surface area (Å²) >= 11 is 0. The van der Waals surface area contributed by atoms with Gasteiger partial charge in [0.2, 0.25) is 12.7 Å². The van der Waals surface area contributed by atoms with Crippen molar-refractivity contribution < 1.29 is 9.13 Å². The van der Waals surface area contributed by atoms with E-state index in [0.29, 0.717) is 26.2 Å². The summed E-state index contributed by atoms with van der Waals surface area (Å²) in [7, 11) is 0. The second kappa shape index (κ2) is 13.4. The molecule has 0 saturated heterocycles. The Balaban J connectivity index is 1.58. The molecule has 5 rings (SSSR count). The fraction of sp³-hybridized carbons (Fsp3) is 0.667. The zero-order chi connectivity index (χ0) is 27.9. The van der Waals surface area contributed by atoms with Crippen molar-refractivity contribution in [2.24, 2.45) is 0 Å². The van der Waals surface area contributed by atoms with Gasteiger partial charge in [-0.25, -0.2) is 18.3 Å². The van der Waals surface area contributed by atoms with Gasteiger partial charge in [0, 0.05) is 49.0 Å². The van der Waals surface area contributed by atoms with E-state index in [1.54, 1.807) is 0 Å². The zero-order valence-corrected chi connectivity index (χ0v) is 24.9. The van der Waals surface area contributed by atoms with Gasteiger partial charge in [-0.05, 0) is 25.7 Å². The van der Waals surface area contributed by atoms with Crippen molar-refractivity contribution >= 4 is 0 Å². The standard InChI is InChI=1S/C30H46N10/c1-5-9-13-23-24(14-10-6-2)38-18-28-32-30(36-34-28)20-40-22-39(25(15-11-7-3)26(40)16-12-8-4)19-29-31-27(33-35-29)17-37(23)21-38/h21-22H,5-20H2,1-4H3. The first-order valence-electron chi connectivity index (χ1n) is 15.5. The van der Waals surface area contributed by atoms with E-state index in [4.69, 9.17) is 9.97 Å². The highest BCUT2D eigenvalue weighted by Gasteiger charge is 2.25. The Morgan fingerprint density at radius 1 is 0.575 bits per heavy atom. The average Bonchev–Trinajstić information content (AvgIpc) is 3.72. The van der Waals surface area contributed by atoms with E-state index < -0.39 is 0 Å². The maximum atomic E-state index is 4.93. The van der Waals surface area contributed by atoms with Gasteiger partial charge in [-0.2, -0.15) is 0 Å². The van der Waals surface area contributed by atoms with Crippen LogP contribution >= 0.6 is 0 Å². The lowest BCUT2D eigenvalue weighted by Crippen LogP contribution is -2.38. The highest BCUT2D eigenvalue weighted by Crippen LogP contribution is 2.17. The van der Waals surface area contributed by atoms with Crippen molar-refractivity contribution in [1.29, 1.82) is 0 Å². The van der Waals surface area contributed by atoms with Crippen molar-refractivity contribution in [1.82, 2.24) is 39.5 Å². The molecule has 8 bridgehead atoms. The van der Waals surface area contributed by atoms with Gasteiger partial charge in [-0.15, -0.1) is 0 Å². The second-order valence-corrected chi connectivity index (χ2v) is 11.2. The number of fused-ring (bicyclic) bond motifs is 8. The molecule has 1 aliphatic heterocycles. The molecule has 216 valence electrons. The molecule has 1 aliphatic rings. The van der Waals surface area contributed by atoms with Gasteiger partial charge >= 0.3 is 0 Å². The van der Waals surface area contributed by atoms with Crippen LogP contribution in [0.25, 0.3) is 0 Å². The van der Waals surface area contributed by atoms with Crippen LogP contribution < -0.4 is 19.1 Å². The molecule has 0 aliphatic carbocycles. The molecule has 0 unspecified atom stereocenters. The van der Waals surface area contributed by atoms with Gasteiger partial charge in [0.15, 0.2) is 0 Å². The minimum atomic E-state index is 0.625. The lowest BCUT2D eigenvalue weighted by atomic mass is 10.1. The maximum absolute atomic E-state index is 4.93. The number of nitrogens with zero attached hydrogens (tertiary/aromatic N) is 10. The summed E-state index contributed by atoms with van der Waals surface area (Å²) in [6.45, 7) is 11.5. The summed E-state index contributed by atoms with van der Waals surface area (Å²) < 4.78 is 9.35. The Kier molecular flexibility index (Phi) is 9.44. The summed E-state index contributed by atoms with van der Waals surface area (Å²) in [6, 6.07) is 0. The highest BCUT2D eigenvalue weighted by atomic mass is 15.3. The predicted octanol–water partition coefficient (Wildman–Crippen LogP) is 3.24. The molecule has 4 aromatic rings. The van der Waals surface area contributed by atoms with Crippen LogP contribution in [0.2, 0.25) is 0 Å². The van der Waals surface area contributed by atoms with E-state index in [-0.39, 0.29) is 0 Å². The summed E-state index contributed by atoms with van der Waals surface area (Å²) in [5.41, 5.74) is 5.49. The highest BCUT2D eigenvalue weighted by molar-refractivity contribution is 5.13. The third-order valence-electron chi connectivity index (χ3n) is 8.00. The molecule has 0 radical (unpaired) electrons. The molecular weight excluding hydrogens is 500 g/mol. The Morgan fingerprint density at radius 3 is 1.38 bits per heavy atom. The van der Waals surface area contributed by atoms with Crippen LogP contribution in [0, 0.1) is 0 Å². The van der Waals surface area contributed by atoms with Gasteiger partial charge in [0.05, 0.1) is 0 Å². The van der Waals surface area contributed by atoms with Gasteiger partial charge in [-0.1, -0.05) is 53.4 Å². The molecule has 0 aromatic carbocycles. The average molecular weight is 547 g/mol. The lowest BCUT2D eigenvalue weighted by molar-refractivity contribution is -0.697. The third-order valence-corrected chi connectivity index (χ3v) is 8.00. The fourth-order valence-electron chi connectivity index (χ4n) is 5.85. The number of aromatic nitrogens is 10. The van der Waals surface area contributed by atoms with E-state index in [9.17, 15) is 0 Å². The molecular formula is C30H46N10. The predicted molar refractivity (Wildman–Crippen MR) is 151 cm³/mol. The summed E-state index contributed by atoms with van der Waals surface area (Å²) in [5, 5.41) is 18.2. The van der Waals surface area contributed by atoms with Crippen molar-refractivity contribution in [3.8, 4) is 0 Å². The first kappa shape index (κ1) is 28.2. The van der Waals surface area contributed by atoms with Crippen LogP contribution in [-0.2, 0) is 51.9 Å². The quantitative estimate of drug-likeness (QED) is 0.223. The molecule has 0 atom stereocenters. The summed E-state index contributed by atoms with van der Waals surface area (Å²) in [6.07, 6.45) is 17.8. The first-order valence-corrected chi connectivity index (χ1v) is 15.5. The Hall–Kier alpha value is -3.30. The number of hydrogen-bond donors (Lipinski definition) is 0. The van der Waals surface area contributed by atoms with E-state index >= 15 is 0 Å². The Labute approximate surface area is 238 Å². The summed E-state index contributed by atoms with van der Waals surface area (Å²) in [5.74, 6) is 3.11. The number of hydrogen-bond acceptors (Lipinski definition) is 4. The largest absolute Gasteiger partial charge is 0.359 e. The zero-order valence-electron chi connectivity index (χ0n) is 24.9. The van der Waals surface area contributed by atoms with Crippen molar-refractivity contribution in [2.45, 2.75) is 131 Å². The topological polar surface area (TPSA) is 97.4 Å². The minimum Gasteiger partial charge on any atom is -0.359 e. The molecule has 0 amide bonds. The second-order valence-electron chi connectivity index (χ2n) is 11.2. The van der Waals surface area contributed by atoms with E-state index in [2.05, 4.69) is 79.0 Å². The van der Waals surface area contributed by atoms with E-state index in [1.807, 2.05) is 0 Å². The van der Waals surface area contributed by atoms with E-state index in [1.165, 1.54) is 22.8 Å². The molecule has 0 saturated carbocycles. The van der Waals surface area contributed by atoms with Gasteiger partial charge in [0.25, 0.3) is 0 Å². The van der Waals surface area contributed by atoms with Crippen LogP contribution in [0.5, 0.6) is 0 Å². The number of unbranched alkanes of at least 4 members (excludes halogenated alkanes) is 4. The third kappa shape index (κ3) is 6.36. The Morgan fingerprint density at radius 2 is 0.950 bits per heavy atom. The first-order chi connectivity index (χ1) is 19.6. The molecule has 0 N–H and O–H groups in total. The Bertz CT molecular complexity index is 1170. The normalized spacial score (nSPS) is 13.3. The van der Waals surface area contributed by atoms with E-state index in [0.717, 1.165) is 100 Å². The number of rotatable bonds is 12. The molecule has 10 nitrogen and oxygen atoms in total. The smallest absolute Gasteiger partial charge is 0.244 e. The van der Waals surface area contributed by atoms with Crippen LogP contribution in [0.3, 0.4) is 0 Å². The fourth-order valence-corrected chi connectivity index (χ4v) is 5.85. The minimum absolute atomic E-state index is 0.625. The number of imidazole rings is 2.